The molecule has 0 radical (unpaired) electrons. The highest BCUT2D eigenvalue weighted by Gasteiger charge is 2.19. The molecule has 114 valence electrons. The maximum atomic E-state index is 12.0. The number of pyridine rings is 1. The molecule has 6 nitrogen and oxygen atoms in total. The molecule has 0 bridgehead atoms. The number of carbonyl (C=O) groups is 2. The molecular weight excluding hydrogens is 290 g/mol. The van der Waals surface area contributed by atoms with E-state index < -0.39 is 17.9 Å². The molecular formula is C14H19N3O3S. The predicted molar refractivity (Wildman–Crippen MR) is 84.3 cm³/mol. The third-order valence-corrected chi connectivity index (χ3v) is 2.77. The fourth-order valence-corrected chi connectivity index (χ4v) is 1.60. The summed E-state index contributed by atoms with van der Waals surface area (Å²) in [6.07, 6.45) is 4.59. The summed E-state index contributed by atoms with van der Waals surface area (Å²) in [6, 6.07) is 0.572. The van der Waals surface area contributed by atoms with Crippen LogP contribution < -0.4 is 5.32 Å². The number of thiol groups is 1. The molecule has 1 rings (SSSR count). The summed E-state index contributed by atoms with van der Waals surface area (Å²) >= 11 is 3.90. The molecule has 0 fully saturated rings. The lowest BCUT2D eigenvalue weighted by molar-refractivity contribution is -0.138. The van der Waals surface area contributed by atoms with E-state index in [0.717, 1.165) is 0 Å². The molecule has 1 amide bonds. The van der Waals surface area contributed by atoms with Crippen molar-refractivity contribution in [2.75, 3.05) is 5.75 Å². The number of nitrogens with one attached hydrogen (secondary N) is 1. The van der Waals surface area contributed by atoms with Crippen molar-refractivity contribution in [3.05, 3.63) is 29.6 Å². The van der Waals surface area contributed by atoms with Gasteiger partial charge in [0.15, 0.2) is 0 Å². The van der Waals surface area contributed by atoms with Crippen LogP contribution in [-0.4, -0.2) is 45.5 Å². The van der Waals surface area contributed by atoms with E-state index in [2.05, 4.69) is 27.9 Å². The highest BCUT2D eigenvalue weighted by atomic mass is 32.1. The minimum absolute atomic E-state index is 0.0136. The number of carboxylic acid groups (broad SMARTS) is 1. The second kappa shape index (κ2) is 7.21. The van der Waals surface area contributed by atoms with Crippen LogP contribution in [0.4, 0.5) is 0 Å². The number of aliphatic carboxylic acids is 1. The van der Waals surface area contributed by atoms with Gasteiger partial charge in [-0.3, -0.25) is 14.8 Å². The minimum atomic E-state index is -1.13. The molecule has 0 saturated heterocycles. The number of aliphatic imine (C=N–C) groups is 1. The van der Waals surface area contributed by atoms with Gasteiger partial charge in [-0.05, 0) is 26.8 Å². The SMILES string of the molecule is CC(C)(C)N=Cc1cncc(C(=O)NC(CS)C(=O)O)c1. The highest BCUT2D eigenvalue weighted by Crippen LogP contribution is 2.07. The van der Waals surface area contributed by atoms with Crippen LogP contribution in [0.1, 0.15) is 36.7 Å². The summed E-state index contributed by atoms with van der Waals surface area (Å²) < 4.78 is 0. The minimum Gasteiger partial charge on any atom is -0.480 e. The zero-order chi connectivity index (χ0) is 16.0. The fraction of sp³-hybridized carbons (Fsp3) is 0.429. The first kappa shape index (κ1) is 17.2. The van der Waals surface area contributed by atoms with Gasteiger partial charge in [-0.25, -0.2) is 4.79 Å². The standard InChI is InChI=1S/C14H19N3O3S/c1-14(2,3)16-6-9-4-10(7-15-5-9)12(18)17-11(8-21)13(19)20/h4-7,11,21H,8H2,1-3H3,(H,17,18)(H,19,20). The number of aromatic nitrogens is 1. The van der Waals surface area contributed by atoms with Crippen molar-refractivity contribution in [2.24, 2.45) is 4.99 Å². The Morgan fingerprint density at radius 2 is 2.14 bits per heavy atom. The molecule has 1 aromatic rings. The molecule has 2 N–H and O–H groups in total. The molecule has 21 heavy (non-hydrogen) atoms. The van der Waals surface area contributed by atoms with Crippen LogP contribution in [0.5, 0.6) is 0 Å². The Morgan fingerprint density at radius 1 is 1.48 bits per heavy atom. The second-order valence-corrected chi connectivity index (χ2v) is 5.85. The van der Waals surface area contributed by atoms with Crippen molar-refractivity contribution in [1.29, 1.82) is 0 Å². The van der Waals surface area contributed by atoms with Gasteiger partial charge in [-0.2, -0.15) is 12.6 Å². The average molecular weight is 309 g/mol. The van der Waals surface area contributed by atoms with Crippen LogP contribution in [0, 0.1) is 0 Å². The lowest BCUT2D eigenvalue weighted by Gasteiger charge is -2.12. The Labute approximate surface area is 129 Å². The molecule has 0 aliphatic rings. The topological polar surface area (TPSA) is 91.7 Å². The summed E-state index contributed by atoms with van der Waals surface area (Å²) in [5.41, 5.74) is 0.731. The van der Waals surface area contributed by atoms with Gasteiger partial charge >= 0.3 is 5.97 Å². The highest BCUT2D eigenvalue weighted by molar-refractivity contribution is 7.80. The van der Waals surface area contributed by atoms with Crippen LogP contribution in [0.25, 0.3) is 0 Å². The first-order valence-corrected chi connectivity index (χ1v) is 7.01. The Balaban J connectivity index is 2.87. The zero-order valence-electron chi connectivity index (χ0n) is 12.2. The molecule has 0 aromatic carbocycles. The first-order valence-electron chi connectivity index (χ1n) is 6.38. The summed E-state index contributed by atoms with van der Waals surface area (Å²) in [7, 11) is 0. The van der Waals surface area contributed by atoms with Crippen LogP contribution in [0.2, 0.25) is 0 Å². The van der Waals surface area contributed by atoms with E-state index in [-0.39, 0.29) is 16.9 Å². The molecule has 0 aliphatic heterocycles. The number of hydrogen-bond donors (Lipinski definition) is 3. The van der Waals surface area contributed by atoms with Gasteiger partial charge in [-0.1, -0.05) is 0 Å². The third kappa shape index (κ3) is 5.95. The molecule has 0 saturated carbocycles. The largest absolute Gasteiger partial charge is 0.480 e. The van der Waals surface area contributed by atoms with E-state index >= 15 is 0 Å². The lowest BCUT2D eigenvalue weighted by atomic mass is 10.1. The smallest absolute Gasteiger partial charge is 0.327 e. The maximum Gasteiger partial charge on any atom is 0.327 e. The van der Waals surface area contributed by atoms with E-state index in [9.17, 15) is 9.59 Å². The summed E-state index contributed by atoms with van der Waals surface area (Å²) in [4.78, 5) is 31.2. The Bertz CT molecular complexity index is 553. The van der Waals surface area contributed by atoms with E-state index in [1.165, 1.54) is 6.20 Å². The quantitative estimate of drug-likeness (QED) is 0.566. The maximum absolute atomic E-state index is 12.0. The van der Waals surface area contributed by atoms with Gasteiger partial charge < -0.3 is 10.4 Å². The van der Waals surface area contributed by atoms with Crippen molar-refractivity contribution in [3.63, 3.8) is 0 Å². The normalized spacial score (nSPS) is 13.1. The molecule has 7 heteroatoms. The number of hydrogen-bond acceptors (Lipinski definition) is 5. The molecule has 1 unspecified atom stereocenters. The third-order valence-electron chi connectivity index (χ3n) is 2.41. The molecule has 0 spiro atoms. The Kier molecular flexibility index (Phi) is 5.90. The number of rotatable bonds is 5. The Hall–Kier alpha value is -1.89. The van der Waals surface area contributed by atoms with Crippen LogP contribution in [-0.2, 0) is 4.79 Å². The van der Waals surface area contributed by atoms with E-state index in [1.54, 1.807) is 18.5 Å². The number of carbonyl (C=O) groups excluding carboxylic acids is 1. The number of nitrogens with zero attached hydrogens (tertiary/aromatic N) is 2. The molecule has 0 aliphatic carbocycles. The number of carboxylic acids is 1. The lowest BCUT2D eigenvalue weighted by Crippen LogP contribution is -2.42. The Morgan fingerprint density at radius 3 is 2.67 bits per heavy atom. The van der Waals surface area contributed by atoms with Crippen molar-refractivity contribution in [2.45, 2.75) is 32.4 Å². The predicted octanol–water partition coefficient (Wildman–Crippen LogP) is 1.41. The van der Waals surface area contributed by atoms with Crippen LogP contribution in [0.3, 0.4) is 0 Å². The van der Waals surface area contributed by atoms with Gasteiger partial charge in [0.1, 0.15) is 6.04 Å². The van der Waals surface area contributed by atoms with E-state index in [1.807, 2.05) is 20.8 Å². The van der Waals surface area contributed by atoms with Gasteiger partial charge in [0.25, 0.3) is 5.91 Å². The van der Waals surface area contributed by atoms with Crippen molar-refractivity contribution in [3.8, 4) is 0 Å². The molecule has 1 aromatic heterocycles. The number of amides is 1. The summed E-state index contributed by atoms with van der Waals surface area (Å²) in [5.74, 6) is -1.62. The van der Waals surface area contributed by atoms with Crippen molar-refractivity contribution in [1.82, 2.24) is 10.3 Å². The zero-order valence-corrected chi connectivity index (χ0v) is 13.1. The van der Waals surface area contributed by atoms with Gasteiger partial charge in [0.05, 0.1) is 11.1 Å². The second-order valence-electron chi connectivity index (χ2n) is 5.48. The van der Waals surface area contributed by atoms with Crippen LogP contribution >= 0.6 is 12.6 Å². The van der Waals surface area contributed by atoms with E-state index in [0.29, 0.717) is 5.56 Å². The summed E-state index contributed by atoms with van der Waals surface area (Å²) in [5, 5.41) is 11.3. The van der Waals surface area contributed by atoms with Gasteiger partial charge in [0, 0.05) is 29.9 Å². The average Bonchev–Trinajstić information content (AvgIpc) is 2.41. The monoisotopic (exact) mass is 309 g/mol. The van der Waals surface area contributed by atoms with Crippen molar-refractivity contribution >= 4 is 30.7 Å². The van der Waals surface area contributed by atoms with Crippen molar-refractivity contribution < 1.29 is 14.7 Å². The fourth-order valence-electron chi connectivity index (χ4n) is 1.35. The first-order chi connectivity index (χ1) is 9.73. The van der Waals surface area contributed by atoms with Crippen LogP contribution in [0.15, 0.2) is 23.5 Å². The van der Waals surface area contributed by atoms with E-state index in [4.69, 9.17) is 5.11 Å². The van der Waals surface area contributed by atoms with Gasteiger partial charge in [-0.15, -0.1) is 0 Å². The van der Waals surface area contributed by atoms with Gasteiger partial charge in [0.2, 0.25) is 0 Å². The molecule has 1 atom stereocenters. The summed E-state index contributed by atoms with van der Waals surface area (Å²) in [6.45, 7) is 5.87. The molecule has 1 heterocycles.